The van der Waals surface area contributed by atoms with Gasteiger partial charge in [0.2, 0.25) is 5.91 Å². The molecule has 1 fully saturated rings. The van der Waals surface area contributed by atoms with Crippen LogP contribution in [0.3, 0.4) is 0 Å². The predicted octanol–water partition coefficient (Wildman–Crippen LogP) is 6.99. The molecular weight excluding hydrogens is 554 g/mol. The summed E-state index contributed by atoms with van der Waals surface area (Å²) in [5.41, 5.74) is 5.17. The molecule has 0 spiro atoms. The van der Waals surface area contributed by atoms with E-state index in [1.165, 1.54) is 42.0 Å². The molecule has 1 aliphatic carbocycles. The number of carbonyl (C=O) groups is 3. The number of carboxylic acid groups (broad SMARTS) is 1. The smallest absolute Gasteiger partial charge is 0.328 e. The van der Waals surface area contributed by atoms with Gasteiger partial charge in [0.05, 0.1) is 12.2 Å². The second-order valence-corrected chi connectivity index (χ2v) is 12.2. The molecule has 3 N–H and O–H groups in total. The highest BCUT2D eigenvalue weighted by atomic mass is 16.5. The van der Waals surface area contributed by atoms with E-state index in [2.05, 4.69) is 33.4 Å². The van der Waals surface area contributed by atoms with Gasteiger partial charge >= 0.3 is 5.97 Å². The number of aromatic nitrogens is 1. The summed E-state index contributed by atoms with van der Waals surface area (Å²) in [6, 6.07) is 20.9. The number of nitrogens with one attached hydrogen (secondary N) is 2. The van der Waals surface area contributed by atoms with Crippen LogP contribution in [0.15, 0.2) is 72.8 Å². The number of para-hydroxylation sites is 1. The number of aliphatic carboxylic acids is 1. The minimum absolute atomic E-state index is 0.332. The fourth-order valence-corrected chi connectivity index (χ4v) is 6.42. The Bertz CT molecular complexity index is 1760. The first-order chi connectivity index (χ1) is 21.2. The van der Waals surface area contributed by atoms with E-state index >= 15 is 0 Å². The summed E-state index contributed by atoms with van der Waals surface area (Å²) in [5.74, 6) is -0.385. The van der Waals surface area contributed by atoms with Crippen LogP contribution in [0.4, 0.5) is 5.69 Å². The first kappa shape index (κ1) is 29.2. The molecular formula is C36H37N3O5. The lowest BCUT2D eigenvalue weighted by molar-refractivity contribution is -0.131. The molecule has 1 saturated carbocycles. The molecule has 0 saturated heterocycles. The third kappa shape index (κ3) is 5.84. The molecule has 8 nitrogen and oxygen atoms in total. The molecule has 2 heterocycles. The second kappa shape index (κ2) is 12.0. The summed E-state index contributed by atoms with van der Waals surface area (Å²) in [5, 5.41) is 15.8. The monoisotopic (exact) mass is 591 g/mol. The highest BCUT2D eigenvalue weighted by molar-refractivity contribution is 6.05. The number of fused-ring (bicyclic) bond motifs is 5. The van der Waals surface area contributed by atoms with Gasteiger partial charge in [-0.3, -0.25) is 9.59 Å². The van der Waals surface area contributed by atoms with Crippen molar-refractivity contribution in [1.82, 2.24) is 9.88 Å². The minimum Gasteiger partial charge on any atom is -0.491 e. The molecule has 0 radical (unpaired) electrons. The van der Waals surface area contributed by atoms with E-state index in [1.54, 1.807) is 38.1 Å². The molecule has 1 aliphatic heterocycles. The highest BCUT2D eigenvalue weighted by Crippen LogP contribution is 2.47. The van der Waals surface area contributed by atoms with Gasteiger partial charge < -0.3 is 25.0 Å². The van der Waals surface area contributed by atoms with Crippen molar-refractivity contribution >= 4 is 40.4 Å². The number of carboxylic acids is 1. The van der Waals surface area contributed by atoms with Crippen molar-refractivity contribution in [1.29, 1.82) is 0 Å². The highest BCUT2D eigenvalue weighted by Gasteiger charge is 2.32. The van der Waals surface area contributed by atoms with Crippen LogP contribution in [0.1, 0.15) is 73.4 Å². The van der Waals surface area contributed by atoms with Crippen LogP contribution in [0.2, 0.25) is 0 Å². The van der Waals surface area contributed by atoms with E-state index in [4.69, 9.17) is 9.84 Å². The third-order valence-electron chi connectivity index (χ3n) is 8.67. The Morgan fingerprint density at radius 3 is 2.48 bits per heavy atom. The van der Waals surface area contributed by atoms with E-state index in [1.807, 2.05) is 24.3 Å². The molecule has 0 bridgehead atoms. The summed E-state index contributed by atoms with van der Waals surface area (Å²) >= 11 is 0. The van der Waals surface area contributed by atoms with E-state index in [0.29, 0.717) is 35.9 Å². The Morgan fingerprint density at radius 1 is 0.977 bits per heavy atom. The van der Waals surface area contributed by atoms with Crippen LogP contribution in [0.25, 0.3) is 28.2 Å². The number of benzene rings is 3. The molecule has 1 aromatic heterocycles. The molecule has 44 heavy (non-hydrogen) atoms. The van der Waals surface area contributed by atoms with Gasteiger partial charge in [-0.2, -0.15) is 0 Å². The summed E-state index contributed by atoms with van der Waals surface area (Å²) in [6.45, 7) is 4.55. The molecule has 2 aliphatic rings. The Hall–Kier alpha value is -4.85. The molecule has 226 valence electrons. The SMILES string of the molecule is CC(C)(NC(=O)c1ccc2c(C3CCCCC3)c3n(c2c1)CCOc1ccccc1-3)C(=O)Nc1ccc(/C=C/C(=O)O)cc1. The molecule has 2 amide bonds. The van der Waals surface area contributed by atoms with Crippen LogP contribution in [-0.2, 0) is 16.1 Å². The fourth-order valence-electron chi connectivity index (χ4n) is 6.42. The second-order valence-electron chi connectivity index (χ2n) is 12.2. The van der Waals surface area contributed by atoms with E-state index in [9.17, 15) is 14.4 Å². The summed E-state index contributed by atoms with van der Waals surface area (Å²) < 4.78 is 8.47. The van der Waals surface area contributed by atoms with Gasteiger partial charge in [0.15, 0.2) is 0 Å². The number of amides is 2. The van der Waals surface area contributed by atoms with Crippen molar-refractivity contribution in [3.8, 4) is 17.0 Å². The Morgan fingerprint density at radius 2 is 1.73 bits per heavy atom. The lowest BCUT2D eigenvalue weighted by atomic mass is 9.81. The van der Waals surface area contributed by atoms with Gasteiger partial charge in [-0.1, -0.05) is 49.6 Å². The van der Waals surface area contributed by atoms with Crippen LogP contribution >= 0.6 is 0 Å². The summed E-state index contributed by atoms with van der Waals surface area (Å²) in [4.78, 5) is 37.6. The predicted molar refractivity (Wildman–Crippen MR) is 172 cm³/mol. The number of nitrogens with zero attached hydrogens (tertiary/aromatic N) is 1. The Kier molecular flexibility index (Phi) is 7.99. The first-order valence-corrected chi connectivity index (χ1v) is 15.2. The van der Waals surface area contributed by atoms with Gasteiger partial charge in [-0.15, -0.1) is 0 Å². The van der Waals surface area contributed by atoms with Crippen LogP contribution in [0.5, 0.6) is 5.75 Å². The number of ether oxygens (including phenoxy) is 1. The fraction of sp³-hybridized carbons (Fsp3) is 0.306. The first-order valence-electron chi connectivity index (χ1n) is 15.2. The van der Waals surface area contributed by atoms with Crippen LogP contribution in [0, 0.1) is 0 Å². The summed E-state index contributed by atoms with van der Waals surface area (Å²) in [6.07, 6.45) is 8.55. The number of rotatable bonds is 7. The van der Waals surface area contributed by atoms with Crippen LogP contribution in [-0.4, -0.2) is 39.6 Å². The molecule has 0 atom stereocenters. The maximum Gasteiger partial charge on any atom is 0.328 e. The number of hydrogen-bond acceptors (Lipinski definition) is 4. The maximum absolute atomic E-state index is 13.6. The summed E-state index contributed by atoms with van der Waals surface area (Å²) in [7, 11) is 0. The Labute approximate surface area is 256 Å². The average Bonchev–Trinajstić information content (AvgIpc) is 3.21. The molecule has 8 heteroatoms. The molecule has 6 rings (SSSR count). The zero-order valence-corrected chi connectivity index (χ0v) is 25.1. The third-order valence-corrected chi connectivity index (χ3v) is 8.67. The largest absolute Gasteiger partial charge is 0.491 e. The molecule has 0 unspecified atom stereocenters. The van der Waals surface area contributed by atoms with Crippen LogP contribution < -0.4 is 15.4 Å². The van der Waals surface area contributed by atoms with Crippen molar-refractivity contribution in [3.63, 3.8) is 0 Å². The number of carbonyl (C=O) groups excluding carboxylic acids is 2. The van der Waals surface area contributed by atoms with Gasteiger partial charge in [0.25, 0.3) is 5.91 Å². The van der Waals surface area contributed by atoms with Gasteiger partial charge in [0, 0.05) is 33.8 Å². The normalized spacial score (nSPS) is 15.2. The molecule has 4 aromatic rings. The van der Waals surface area contributed by atoms with Crippen molar-refractivity contribution in [3.05, 3.63) is 89.5 Å². The Balaban J connectivity index is 1.28. The van der Waals surface area contributed by atoms with Crippen molar-refractivity contribution < 1.29 is 24.2 Å². The van der Waals surface area contributed by atoms with E-state index in [-0.39, 0.29) is 11.8 Å². The van der Waals surface area contributed by atoms with Crippen molar-refractivity contribution in [2.75, 3.05) is 11.9 Å². The average molecular weight is 592 g/mol. The zero-order valence-electron chi connectivity index (χ0n) is 25.1. The van der Waals surface area contributed by atoms with Crippen molar-refractivity contribution in [2.45, 2.75) is 64.0 Å². The van der Waals surface area contributed by atoms with Gasteiger partial charge in [-0.05, 0) is 86.2 Å². The van der Waals surface area contributed by atoms with E-state index in [0.717, 1.165) is 35.7 Å². The maximum atomic E-state index is 13.6. The zero-order chi connectivity index (χ0) is 30.8. The minimum atomic E-state index is -1.20. The number of anilines is 1. The quantitative estimate of drug-likeness (QED) is 0.201. The van der Waals surface area contributed by atoms with E-state index < -0.39 is 11.5 Å². The lowest BCUT2D eigenvalue weighted by Crippen LogP contribution is -2.52. The standard InChI is InChI=1S/C36H37N3O5/c1-36(2,35(43)37-26-16-12-23(13-17-26)14-19-31(40)41)38-34(42)25-15-18-27-29(22-25)39-20-21-44-30-11-7-6-10-28(30)33(39)32(27)24-8-4-3-5-9-24/h6-7,10-19,22,24H,3-5,8-9,20-21H2,1-2H3,(H,37,43)(H,38,42)(H,40,41)/b19-14+. The molecule has 3 aromatic carbocycles. The topological polar surface area (TPSA) is 110 Å². The van der Waals surface area contributed by atoms with Crippen molar-refractivity contribution in [2.24, 2.45) is 0 Å². The van der Waals surface area contributed by atoms with Gasteiger partial charge in [0.1, 0.15) is 17.9 Å². The van der Waals surface area contributed by atoms with Gasteiger partial charge in [-0.25, -0.2) is 4.79 Å². The lowest BCUT2D eigenvalue weighted by Gasteiger charge is -2.25. The number of hydrogen-bond donors (Lipinski definition) is 3.